The van der Waals surface area contributed by atoms with Crippen LogP contribution in [0.4, 0.5) is 5.69 Å². The molecular weight excluding hydrogens is 294 g/mol. The number of carbonyl (C=O) groups excluding carboxylic acids is 1. The number of pyridine rings is 1. The predicted molar refractivity (Wildman–Crippen MR) is 90.8 cm³/mol. The highest BCUT2D eigenvalue weighted by atomic mass is 32.2. The first-order chi connectivity index (χ1) is 10.6. The first-order valence-electron chi connectivity index (χ1n) is 6.99. The lowest BCUT2D eigenvalue weighted by molar-refractivity contribution is 0.102. The number of nitrogens with one attached hydrogen (secondary N) is 1. The van der Waals surface area contributed by atoms with Gasteiger partial charge in [-0.2, -0.15) is 0 Å². The highest BCUT2D eigenvalue weighted by Crippen LogP contribution is 2.20. The van der Waals surface area contributed by atoms with Gasteiger partial charge in [0.25, 0.3) is 5.91 Å². The third-order valence-electron chi connectivity index (χ3n) is 3.48. The average molecular weight is 311 g/mol. The number of carbonyl (C=O) groups is 1. The quantitative estimate of drug-likeness (QED) is 0.746. The van der Waals surface area contributed by atoms with E-state index in [1.165, 1.54) is 0 Å². The zero-order valence-corrected chi connectivity index (χ0v) is 13.6. The van der Waals surface area contributed by atoms with E-state index in [0.717, 1.165) is 27.5 Å². The molecule has 0 saturated heterocycles. The minimum Gasteiger partial charge on any atom is -0.321 e. The minimum absolute atomic E-state index is 0.145. The summed E-state index contributed by atoms with van der Waals surface area (Å²) in [5.41, 5.74) is 3.96. The van der Waals surface area contributed by atoms with Crippen molar-refractivity contribution < 1.29 is 4.79 Å². The maximum Gasteiger partial charge on any atom is 0.274 e. The van der Waals surface area contributed by atoms with Gasteiger partial charge in [0, 0.05) is 16.8 Å². The zero-order chi connectivity index (χ0) is 15.7. The van der Waals surface area contributed by atoms with E-state index in [0.29, 0.717) is 5.69 Å². The molecule has 0 unspecified atom stereocenters. The van der Waals surface area contributed by atoms with Crippen LogP contribution in [0.15, 0.2) is 47.5 Å². The van der Waals surface area contributed by atoms with Gasteiger partial charge in [0.05, 0.1) is 5.69 Å². The molecule has 3 aromatic rings. The van der Waals surface area contributed by atoms with Gasteiger partial charge in [0.15, 0.2) is 0 Å². The fraction of sp³-hybridized carbons (Fsp3) is 0.176. The number of imidazole rings is 1. The van der Waals surface area contributed by atoms with Crippen molar-refractivity contribution in [3.05, 3.63) is 59.5 Å². The lowest BCUT2D eigenvalue weighted by atomic mass is 10.2. The number of aryl methyl sites for hydroxylation is 2. The van der Waals surface area contributed by atoms with Crippen LogP contribution in [0, 0.1) is 13.8 Å². The molecule has 0 fully saturated rings. The Balaban J connectivity index is 1.98. The average Bonchev–Trinajstić information content (AvgIpc) is 2.82. The number of hydrogen-bond acceptors (Lipinski definition) is 3. The van der Waals surface area contributed by atoms with Crippen molar-refractivity contribution in [1.29, 1.82) is 0 Å². The number of anilines is 1. The summed E-state index contributed by atoms with van der Waals surface area (Å²) in [5.74, 6) is -0.145. The standard InChI is InChI=1S/C17H17N3OS/c1-11-7-8-15-18-12(2)16(20(15)10-11)17(21)19-13-5-4-6-14(9-13)22-3/h4-10H,1-3H3,(H,19,21). The van der Waals surface area contributed by atoms with Crippen LogP contribution in [0.25, 0.3) is 5.65 Å². The Kier molecular flexibility index (Phi) is 3.90. The molecule has 4 nitrogen and oxygen atoms in total. The summed E-state index contributed by atoms with van der Waals surface area (Å²) < 4.78 is 1.85. The summed E-state index contributed by atoms with van der Waals surface area (Å²) in [7, 11) is 0. The summed E-state index contributed by atoms with van der Waals surface area (Å²) in [6.07, 6.45) is 3.95. The van der Waals surface area contributed by atoms with Gasteiger partial charge in [0.2, 0.25) is 0 Å². The summed E-state index contributed by atoms with van der Waals surface area (Å²) in [4.78, 5) is 18.2. The summed E-state index contributed by atoms with van der Waals surface area (Å²) in [6.45, 7) is 3.86. The molecule has 112 valence electrons. The molecule has 1 amide bonds. The van der Waals surface area contributed by atoms with E-state index >= 15 is 0 Å². The fourth-order valence-corrected chi connectivity index (χ4v) is 2.89. The van der Waals surface area contributed by atoms with Crippen LogP contribution in [0.5, 0.6) is 0 Å². The number of amides is 1. The van der Waals surface area contributed by atoms with Crippen LogP contribution in [0.2, 0.25) is 0 Å². The Hall–Kier alpha value is -2.27. The molecule has 0 atom stereocenters. The number of nitrogens with zero attached hydrogens (tertiary/aromatic N) is 2. The SMILES string of the molecule is CSc1cccc(NC(=O)c2c(C)nc3ccc(C)cn23)c1. The number of fused-ring (bicyclic) bond motifs is 1. The van der Waals surface area contributed by atoms with Crippen molar-refractivity contribution in [2.75, 3.05) is 11.6 Å². The highest BCUT2D eigenvalue weighted by Gasteiger charge is 2.16. The summed E-state index contributed by atoms with van der Waals surface area (Å²) >= 11 is 1.65. The molecule has 0 aliphatic rings. The molecular formula is C17H17N3OS. The van der Waals surface area contributed by atoms with E-state index in [1.54, 1.807) is 11.8 Å². The van der Waals surface area contributed by atoms with Gasteiger partial charge in [-0.1, -0.05) is 12.1 Å². The molecule has 0 radical (unpaired) electrons. The van der Waals surface area contributed by atoms with Crippen molar-refractivity contribution in [1.82, 2.24) is 9.38 Å². The predicted octanol–water partition coefficient (Wildman–Crippen LogP) is 3.93. The maximum absolute atomic E-state index is 12.6. The number of benzene rings is 1. The summed E-state index contributed by atoms with van der Waals surface area (Å²) in [5, 5.41) is 2.96. The number of thioether (sulfide) groups is 1. The van der Waals surface area contributed by atoms with E-state index < -0.39 is 0 Å². The zero-order valence-electron chi connectivity index (χ0n) is 12.8. The van der Waals surface area contributed by atoms with Crippen molar-refractivity contribution >= 4 is 29.0 Å². The lowest BCUT2D eigenvalue weighted by Gasteiger charge is -2.07. The third-order valence-corrected chi connectivity index (χ3v) is 4.21. The minimum atomic E-state index is -0.145. The highest BCUT2D eigenvalue weighted by molar-refractivity contribution is 7.98. The van der Waals surface area contributed by atoms with Crippen molar-refractivity contribution in [3.8, 4) is 0 Å². The third kappa shape index (κ3) is 2.72. The normalized spacial score (nSPS) is 10.9. The molecule has 22 heavy (non-hydrogen) atoms. The van der Waals surface area contributed by atoms with Crippen LogP contribution >= 0.6 is 11.8 Å². The number of aromatic nitrogens is 2. The van der Waals surface area contributed by atoms with Gasteiger partial charge in [-0.3, -0.25) is 9.20 Å². The topological polar surface area (TPSA) is 46.4 Å². The van der Waals surface area contributed by atoms with Gasteiger partial charge in [-0.15, -0.1) is 11.8 Å². The van der Waals surface area contributed by atoms with Gasteiger partial charge in [0.1, 0.15) is 11.3 Å². The molecule has 2 heterocycles. The van der Waals surface area contributed by atoms with E-state index in [9.17, 15) is 4.79 Å². The largest absolute Gasteiger partial charge is 0.321 e. The smallest absolute Gasteiger partial charge is 0.274 e. The monoisotopic (exact) mass is 311 g/mol. The lowest BCUT2D eigenvalue weighted by Crippen LogP contribution is -2.15. The van der Waals surface area contributed by atoms with Crippen LogP contribution in [0.1, 0.15) is 21.7 Å². The molecule has 2 aromatic heterocycles. The number of rotatable bonds is 3. The Bertz CT molecular complexity index is 854. The first kappa shape index (κ1) is 14.7. The van der Waals surface area contributed by atoms with Crippen LogP contribution in [-0.4, -0.2) is 21.5 Å². The van der Waals surface area contributed by atoms with Crippen molar-refractivity contribution in [2.24, 2.45) is 0 Å². The second kappa shape index (κ2) is 5.85. The Morgan fingerprint density at radius 3 is 2.82 bits per heavy atom. The van der Waals surface area contributed by atoms with Crippen molar-refractivity contribution in [2.45, 2.75) is 18.7 Å². The van der Waals surface area contributed by atoms with Crippen LogP contribution < -0.4 is 5.32 Å². The molecule has 0 bridgehead atoms. The van der Waals surface area contributed by atoms with Gasteiger partial charge in [-0.25, -0.2) is 4.98 Å². The molecule has 5 heteroatoms. The first-order valence-corrected chi connectivity index (χ1v) is 8.21. The Morgan fingerprint density at radius 2 is 2.05 bits per heavy atom. The Morgan fingerprint density at radius 1 is 1.23 bits per heavy atom. The Labute approximate surface area is 133 Å². The number of hydrogen-bond donors (Lipinski definition) is 1. The second-order valence-corrected chi connectivity index (χ2v) is 6.05. The van der Waals surface area contributed by atoms with E-state index in [-0.39, 0.29) is 5.91 Å². The van der Waals surface area contributed by atoms with Crippen molar-refractivity contribution in [3.63, 3.8) is 0 Å². The molecule has 1 N–H and O–H groups in total. The van der Waals surface area contributed by atoms with E-state index in [1.807, 2.05) is 67.1 Å². The molecule has 3 rings (SSSR count). The fourth-order valence-electron chi connectivity index (χ4n) is 2.43. The molecule has 1 aromatic carbocycles. The van der Waals surface area contributed by atoms with Gasteiger partial charge in [-0.05, 0) is 49.9 Å². The second-order valence-electron chi connectivity index (χ2n) is 5.17. The molecule has 0 aliphatic heterocycles. The van der Waals surface area contributed by atoms with Gasteiger partial charge >= 0.3 is 0 Å². The van der Waals surface area contributed by atoms with E-state index in [2.05, 4.69) is 10.3 Å². The van der Waals surface area contributed by atoms with Crippen LogP contribution in [-0.2, 0) is 0 Å². The van der Waals surface area contributed by atoms with E-state index in [4.69, 9.17) is 0 Å². The van der Waals surface area contributed by atoms with Crippen LogP contribution in [0.3, 0.4) is 0 Å². The van der Waals surface area contributed by atoms with Gasteiger partial charge < -0.3 is 5.32 Å². The molecule has 0 aliphatic carbocycles. The molecule has 0 spiro atoms. The maximum atomic E-state index is 12.6. The summed E-state index contributed by atoms with van der Waals surface area (Å²) in [6, 6.07) is 11.7. The molecule has 0 saturated carbocycles.